The quantitative estimate of drug-likeness (QED) is 0.545. The second-order valence-electron chi connectivity index (χ2n) is 1.56. The van der Waals surface area contributed by atoms with Gasteiger partial charge in [-0.05, 0) is 5.92 Å². The van der Waals surface area contributed by atoms with Crippen LogP contribution in [0.4, 0.5) is 5.95 Å². The van der Waals surface area contributed by atoms with Gasteiger partial charge in [-0.15, -0.1) is 16.6 Å². The van der Waals surface area contributed by atoms with Crippen LogP contribution in [0.5, 0.6) is 0 Å². The highest BCUT2D eigenvalue weighted by atomic mass is 15.2. The summed E-state index contributed by atoms with van der Waals surface area (Å²) in [7, 11) is 1.71. The molecule has 1 aromatic rings. The minimum absolute atomic E-state index is 0.444. The third-order valence-corrected chi connectivity index (χ3v) is 0.933. The van der Waals surface area contributed by atoms with Crippen molar-refractivity contribution in [2.45, 2.75) is 0 Å². The SMILES string of the molecule is C#Cc1cnc(NC)nn1. The van der Waals surface area contributed by atoms with Gasteiger partial charge < -0.3 is 5.32 Å². The fourth-order valence-electron chi connectivity index (χ4n) is 0.456. The van der Waals surface area contributed by atoms with Gasteiger partial charge in [0, 0.05) is 7.05 Å². The van der Waals surface area contributed by atoms with Crippen molar-refractivity contribution in [2.24, 2.45) is 0 Å². The van der Waals surface area contributed by atoms with Crippen LogP contribution >= 0.6 is 0 Å². The van der Waals surface area contributed by atoms with Crippen LogP contribution in [-0.4, -0.2) is 22.2 Å². The Morgan fingerprint density at radius 3 is 2.80 bits per heavy atom. The summed E-state index contributed by atoms with van der Waals surface area (Å²) in [5.74, 6) is 2.79. The maximum Gasteiger partial charge on any atom is 0.242 e. The van der Waals surface area contributed by atoms with Gasteiger partial charge in [0.2, 0.25) is 5.95 Å². The monoisotopic (exact) mass is 134 g/mol. The molecule has 10 heavy (non-hydrogen) atoms. The number of rotatable bonds is 1. The summed E-state index contributed by atoms with van der Waals surface area (Å²) in [5.41, 5.74) is 0.444. The van der Waals surface area contributed by atoms with E-state index in [1.165, 1.54) is 6.20 Å². The molecule has 0 aliphatic rings. The van der Waals surface area contributed by atoms with Gasteiger partial charge in [0.15, 0.2) is 5.69 Å². The Kier molecular flexibility index (Phi) is 1.80. The largest absolute Gasteiger partial charge is 0.356 e. The first-order valence-electron chi connectivity index (χ1n) is 2.71. The molecular weight excluding hydrogens is 128 g/mol. The number of nitrogens with zero attached hydrogens (tertiary/aromatic N) is 3. The van der Waals surface area contributed by atoms with Crippen molar-refractivity contribution in [1.29, 1.82) is 0 Å². The molecule has 0 radical (unpaired) electrons. The molecule has 1 N–H and O–H groups in total. The lowest BCUT2D eigenvalue weighted by Crippen LogP contribution is -1.98. The molecule has 0 saturated heterocycles. The molecule has 1 aromatic heterocycles. The number of anilines is 1. The third kappa shape index (κ3) is 1.20. The molecule has 0 amide bonds. The van der Waals surface area contributed by atoms with Crippen molar-refractivity contribution in [1.82, 2.24) is 15.2 Å². The van der Waals surface area contributed by atoms with Crippen molar-refractivity contribution in [3.63, 3.8) is 0 Å². The molecule has 50 valence electrons. The van der Waals surface area contributed by atoms with E-state index in [4.69, 9.17) is 6.42 Å². The molecule has 4 nitrogen and oxygen atoms in total. The molecule has 0 unspecified atom stereocenters. The average Bonchev–Trinajstić information content (AvgIpc) is 2.05. The van der Waals surface area contributed by atoms with E-state index in [0.717, 1.165) is 0 Å². The first-order valence-corrected chi connectivity index (χ1v) is 2.71. The summed E-state index contributed by atoms with van der Waals surface area (Å²) in [6.45, 7) is 0. The zero-order valence-corrected chi connectivity index (χ0v) is 5.50. The fraction of sp³-hybridized carbons (Fsp3) is 0.167. The molecule has 0 aromatic carbocycles. The molecule has 1 heterocycles. The van der Waals surface area contributed by atoms with Crippen molar-refractivity contribution in [3.8, 4) is 12.3 Å². The topological polar surface area (TPSA) is 50.7 Å². The number of terminal acetylenes is 1. The van der Waals surface area contributed by atoms with E-state index in [1.54, 1.807) is 7.05 Å². The lowest BCUT2D eigenvalue weighted by molar-refractivity contribution is 0.958. The predicted molar refractivity (Wildman–Crippen MR) is 37.3 cm³/mol. The minimum Gasteiger partial charge on any atom is -0.356 e. The second kappa shape index (κ2) is 2.78. The zero-order chi connectivity index (χ0) is 7.40. The highest BCUT2D eigenvalue weighted by molar-refractivity contribution is 5.25. The molecular formula is C6H6N4. The maximum atomic E-state index is 5.03. The summed E-state index contributed by atoms with van der Waals surface area (Å²) in [5, 5.41) is 10.0. The average molecular weight is 134 g/mol. The summed E-state index contributed by atoms with van der Waals surface area (Å²) >= 11 is 0. The molecule has 0 fully saturated rings. The van der Waals surface area contributed by atoms with E-state index in [1.807, 2.05) is 0 Å². The first kappa shape index (κ1) is 6.49. The highest BCUT2D eigenvalue weighted by Gasteiger charge is 1.91. The molecule has 1 rings (SSSR count). The fourth-order valence-corrected chi connectivity index (χ4v) is 0.456. The van der Waals surface area contributed by atoms with Crippen LogP contribution < -0.4 is 5.32 Å². The van der Waals surface area contributed by atoms with E-state index in [2.05, 4.69) is 26.4 Å². The predicted octanol–water partition coefficient (Wildman–Crippen LogP) is -0.105. The summed E-state index contributed by atoms with van der Waals surface area (Å²) in [4.78, 5) is 3.84. The van der Waals surface area contributed by atoms with E-state index < -0.39 is 0 Å². The van der Waals surface area contributed by atoms with Crippen LogP contribution in [0.2, 0.25) is 0 Å². The van der Waals surface area contributed by atoms with E-state index in [-0.39, 0.29) is 0 Å². The lowest BCUT2D eigenvalue weighted by Gasteiger charge is -1.93. The zero-order valence-electron chi connectivity index (χ0n) is 5.50. The van der Waals surface area contributed by atoms with Crippen LogP contribution in [0.1, 0.15) is 5.69 Å². The van der Waals surface area contributed by atoms with E-state index >= 15 is 0 Å². The smallest absolute Gasteiger partial charge is 0.242 e. The molecule has 4 heteroatoms. The first-order chi connectivity index (χ1) is 4.86. The number of hydrogen-bond donors (Lipinski definition) is 1. The van der Waals surface area contributed by atoms with Crippen LogP contribution in [0, 0.1) is 12.3 Å². The Balaban J connectivity index is 2.93. The Hall–Kier alpha value is -1.63. The molecule has 0 aliphatic heterocycles. The summed E-state index contributed by atoms with van der Waals surface area (Å²) in [6.07, 6.45) is 6.51. The number of nitrogens with one attached hydrogen (secondary N) is 1. The standard InChI is InChI=1S/C6H6N4/c1-3-5-4-8-6(7-2)10-9-5/h1,4H,2H3,(H,7,8,10). The van der Waals surface area contributed by atoms with Crippen molar-refractivity contribution in [3.05, 3.63) is 11.9 Å². The molecule has 0 aliphatic carbocycles. The summed E-state index contributed by atoms with van der Waals surface area (Å²) < 4.78 is 0. The molecule has 0 atom stereocenters. The Bertz CT molecular complexity index is 245. The van der Waals surface area contributed by atoms with Crippen LogP contribution in [-0.2, 0) is 0 Å². The van der Waals surface area contributed by atoms with Gasteiger partial charge in [-0.25, -0.2) is 4.98 Å². The van der Waals surface area contributed by atoms with Crippen LogP contribution in [0.15, 0.2) is 6.20 Å². The van der Waals surface area contributed by atoms with Gasteiger partial charge in [0.05, 0.1) is 6.20 Å². The van der Waals surface area contributed by atoms with Gasteiger partial charge in [0.25, 0.3) is 0 Å². The maximum absolute atomic E-state index is 5.03. The van der Waals surface area contributed by atoms with Crippen molar-refractivity contribution >= 4 is 5.95 Å². The van der Waals surface area contributed by atoms with Crippen LogP contribution in [0.25, 0.3) is 0 Å². The molecule has 0 spiro atoms. The van der Waals surface area contributed by atoms with Gasteiger partial charge in [-0.2, -0.15) is 0 Å². The second-order valence-corrected chi connectivity index (χ2v) is 1.56. The number of hydrogen-bond acceptors (Lipinski definition) is 4. The van der Waals surface area contributed by atoms with Gasteiger partial charge in [-0.1, -0.05) is 0 Å². The van der Waals surface area contributed by atoms with Gasteiger partial charge in [0.1, 0.15) is 0 Å². The Morgan fingerprint density at radius 1 is 1.60 bits per heavy atom. The molecule has 0 saturated carbocycles. The third-order valence-electron chi connectivity index (χ3n) is 0.933. The number of aromatic nitrogens is 3. The van der Waals surface area contributed by atoms with Crippen molar-refractivity contribution < 1.29 is 0 Å². The minimum atomic E-state index is 0.444. The van der Waals surface area contributed by atoms with E-state index in [0.29, 0.717) is 11.6 Å². The summed E-state index contributed by atoms with van der Waals surface area (Å²) in [6, 6.07) is 0. The Labute approximate surface area is 58.7 Å². The lowest BCUT2D eigenvalue weighted by atomic mass is 10.5. The van der Waals surface area contributed by atoms with Crippen molar-refractivity contribution in [2.75, 3.05) is 12.4 Å². The van der Waals surface area contributed by atoms with Crippen LogP contribution in [0.3, 0.4) is 0 Å². The van der Waals surface area contributed by atoms with Gasteiger partial charge >= 0.3 is 0 Å². The normalized spacial score (nSPS) is 8.40. The van der Waals surface area contributed by atoms with E-state index in [9.17, 15) is 0 Å². The highest BCUT2D eigenvalue weighted by Crippen LogP contribution is 1.91. The van der Waals surface area contributed by atoms with Gasteiger partial charge in [-0.3, -0.25) is 0 Å². The Morgan fingerprint density at radius 2 is 2.40 bits per heavy atom. The molecule has 0 bridgehead atoms.